The molecule has 0 aliphatic carbocycles. The first-order valence-electron chi connectivity index (χ1n) is 4.64. The summed E-state index contributed by atoms with van der Waals surface area (Å²) in [6, 6.07) is 5.98. The van der Waals surface area contributed by atoms with Crippen LogP contribution in [0, 0.1) is 6.92 Å². The lowest BCUT2D eigenvalue weighted by atomic mass is 10.2. The number of aromatic nitrogens is 1. The Labute approximate surface area is 111 Å². The largest absolute Gasteiger partial charge is 0.487 e. The van der Waals surface area contributed by atoms with Crippen LogP contribution in [-0.2, 0) is 6.61 Å². The smallest absolute Gasteiger partial charge is 0.183 e. The lowest BCUT2D eigenvalue weighted by molar-refractivity contribution is 0.307. The van der Waals surface area contributed by atoms with Crippen molar-refractivity contribution in [2.24, 2.45) is 0 Å². The highest BCUT2D eigenvalue weighted by atomic mass is 79.9. The maximum Gasteiger partial charge on any atom is 0.183 e. The molecule has 0 unspecified atom stereocenters. The fraction of sp³-hybridized carbons (Fsp3) is 0.182. The van der Waals surface area contributed by atoms with Gasteiger partial charge in [0.2, 0.25) is 0 Å². The fourth-order valence-corrected chi connectivity index (χ4v) is 2.72. The second-order valence-electron chi connectivity index (χ2n) is 3.30. The van der Waals surface area contributed by atoms with Gasteiger partial charge in [0, 0.05) is 6.20 Å². The van der Waals surface area contributed by atoms with E-state index in [9.17, 15) is 0 Å². The number of aryl methyl sites for hydroxylation is 1. The number of benzene rings is 1. The molecule has 0 amide bonds. The van der Waals surface area contributed by atoms with Crippen LogP contribution in [0.5, 0.6) is 5.75 Å². The van der Waals surface area contributed by atoms with E-state index in [4.69, 9.17) is 16.3 Å². The zero-order valence-electron chi connectivity index (χ0n) is 8.54. The van der Waals surface area contributed by atoms with E-state index in [-0.39, 0.29) is 0 Å². The summed E-state index contributed by atoms with van der Waals surface area (Å²) in [5.74, 6) is 0.829. The predicted octanol–water partition coefficient (Wildman–Crippen LogP) is 4.45. The van der Waals surface area contributed by atoms with Gasteiger partial charge >= 0.3 is 0 Å². The first kappa shape index (κ1) is 11.9. The van der Waals surface area contributed by atoms with Crippen molar-refractivity contribution in [3.8, 4) is 5.75 Å². The average Bonchev–Trinajstić information content (AvgIpc) is 2.63. The molecule has 0 N–H and O–H groups in total. The van der Waals surface area contributed by atoms with Crippen LogP contribution in [0.2, 0.25) is 4.47 Å². The third-order valence-electron chi connectivity index (χ3n) is 1.98. The van der Waals surface area contributed by atoms with Gasteiger partial charge in [-0.3, -0.25) is 0 Å². The summed E-state index contributed by atoms with van der Waals surface area (Å²) in [5.41, 5.74) is 1.19. The van der Waals surface area contributed by atoms with Crippen LogP contribution >= 0.6 is 38.9 Å². The van der Waals surface area contributed by atoms with Crippen LogP contribution in [0.25, 0.3) is 0 Å². The van der Waals surface area contributed by atoms with Gasteiger partial charge in [-0.1, -0.05) is 17.7 Å². The van der Waals surface area contributed by atoms with Crippen LogP contribution in [-0.4, -0.2) is 4.98 Å². The molecule has 0 saturated heterocycles. The molecule has 2 aromatic rings. The number of rotatable bonds is 3. The monoisotopic (exact) mass is 317 g/mol. The Balaban J connectivity index is 2.04. The quantitative estimate of drug-likeness (QED) is 0.834. The van der Waals surface area contributed by atoms with E-state index >= 15 is 0 Å². The molecule has 2 nitrogen and oxygen atoms in total. The highest BCUT2D eigenvalue weighted by Gasteiger charge is 2.04. The summed E-state index contributed by atoms with van der Waals surface area (Å²) >= 11 is 10.6. The van der Waals surface area contributed by atoms with Crippen LogP contribution in [0.4, 0.5) is 0 Å². The van der Waals surface area contributed by atoms with Gasteiger partial charge in [0.15, 0.2) is 4.47 Å². The van der Waals surface area contributed by atoms with Gasteiger partial charge in [0.25, 0.3) is 0 Å². The molecule has 0 aliphatic heterocycles. The molecule has 0 fully saturated rings. The molecule has 0 spiro atoms. The van der Waals surface area contributed by atoms with E-state index < -0.39 is 0 Å². The maximum atomic E-state index is 5.74. The number of thiazole rings is 1. The predicted molar refractivity (Wildman–Crippen MR) is 70.3 cm³/mol. The minimum Gasteiger partial charge on any atom is -0.487 e. The number of halogens is 2. The van der Waals surface area contributed by atoms with E-state index in [1.165, 1.54) is 16.9 Å². The molecule has 2 rings (SSSR count). The van der Waals surface area contributed by atoms with Crippen molar-refractivity contribution in [2.45, 2.75) is 13.5 Å². The summed E-state index contributed by atoms with van der Waals surface area (Å²) in [4.78, 5) is 4.97. The normalized spacial score (nSPS) is 10.4. The molecule has 1 aromatic heterocycles. The Kier molecular flexibility index (Phi) is 3.84. The van der Waals surface area contributed by atoms with Gasteiger partial charge in [-0.2, -0.15) is 0 Å². The molecule has 0 saturated carbocycles. The van der Waals surface area contributed by atoms with Gasteiger partial charge < -0.3 is 4.74 Å². The third kappa shape index (κ3) is 2.97. The van der Waals surface area contributed by atoms with Crippen molar-refractivity contribution in [1.82, 2.24) is 4.98 Å². The van der Waals surface area contributed by atoms with Crippen LogP contribution in [0.3, 0.4) is 0 Å². The molecule has 0 atom stereocenters. The molecule has 0 bridgehead atoms. The minimum absolute atomic E-state index is 0.492. The molecule has 0 aliphatic rings. The molecule has 84 valence electrons. The zero-order valence-corrected chi connectivity index (χ0v) is 11.7. The number of ether oxygens (including phenoxy) is 1. The van der Waals surface area contributed by atoms with Crippen LogP contribution in [0.15, 0.2) is 28.9 Å². The molecule has 16 heavy (non-hydrogen) atoms. The Morgan fingerprint density at radius 2 is 2.31 bits per heavy atom. The van der Waals surface area contributed by atoms with Crippen LogP contribution < -0.4 is 4.74 Å². The molecule has 1 aromatic carbocycles. The first-order chi connectivity index (χ1) is 7.65. The third-order valence-corrected chi connectivity index (χ3v) is 3.69. The Hall–Kier alpha value is -0.580. The summed E-state index contributed by atoms with van der Waals surface area (Å²) in [7, 11) is 0. The lowest BCUT2D eigenvalue weighted by Crippen LogP contribution is -1.93. The van der Waals surface area contributed by atoms with Gasteiger partial charge in [-0.15, -0.1) is 11.3 Å². The van der Waals surface area contributed by atoms with Gasteiger partial charge in [0.1, 0.15) is 12.4 Å². The number of hydrogen-bond acceptors (Lipinski definition) is 3. The van der Waals surface area contributed by atoms with Gasteiger partial charge in [-0.25, -0.2) is 4.98 Å². The van der Waals surface area contributed by atoms with E-state index in [0.717, 1.165) is 15.1 Å². The van der Waals surface area contributed by atoms with Gasteiger partial charge in [-0.05, 0) is 40.5 Å². The minimum atomic E-state index is 0.492. The molecule has 1 heterocycles. The summed E-state index contributed by atoms with van der Waals surface area (Å²) < 4.78 is 7.16. The lowest BCUT2D eigenvalue weighted by Gasteiger charge is -2.07. The second kappa shape index (κ2) is 5.17. The summed E-state index contributed by atoms with van der Waals surface area (Å²) in [5, 5.41) is 0. The molecule has 0 radical (unpaired) electrons. The summed E-state index contributed by atoms with van der Waals surface area (Å²) in [6.07, 6.45) is 1.73. The van der Waals surface area contributed by atoms with Gasteiger partial charge in [0.05, 0.1) is 9.35 Å². The van der Waals surface area contributed by atoms with Crippen LogP contribution in [0.1, 0.15) is 10.4 Å². The van der Waals surface area contributed by atoms with Crippen molar-refractivity contribution in [1.29, 1.82) is 0 Å². The molecular formula is C11H9BrClNOS. The number of hydrogen-bond donors (Lipinski definition) is 0. The van der Waals surface area contributed by atoms with Crippen molar-refractivity contribution in [3.63, 3.8) is 0 Å². The fourth-order valence-electron chi connectivity index (χ4n) is 1.22. The summed E-state index contributed by atoms with van der Waals surface area (Å²) in [6.45, 7) is 2.53. The maximum absolute atomic E-state index is 5.74. The number of nitrogens with zero attached hydrogens (tertiary/aromatic N) is 1. The topological polar surface area (TPSA) is 22.1 Å². The van der Waals surface area contributed by atoms with Crippen molar-refractivity contribution in [2.75, 3.05) is 0 Å². The first-order valence-corrected chi connectivity index (χ1v) is 6.63. The molecule has 5 heteroatoms. The van der Waals surface area contributed by atoms with E-state index in [1.54, 1.807) is 6.20 Å². The van der Waals surface area contributed by atoms with Crippen molar-refractivity contribution < 1.29 is 4.74 Å². The Morgan fingerprint density at radius 1 is 1.50 bits per heavy atom. The highest BCUT2D eigenvalue weighted by Crippen LogP contribution is 2.27. The highest BCUT2D eigenvalue weighted by molar-refractivity contribution is 9.10. The zero-order chi connectivity index (χ0) is 11.5. The Bertz CT molecular complexity index is 500. The van der Waals surface area contributed by atoms with E-state index in [0.29, 0.717) is 11.1 Å². The SMILES string of the molecule is Cc1ccc(OCc2cnc(Cl)s2)c(Br)c1. The molecular weight excluding hydrogens is 310 g/mol. The van der Waals surface area contributed by atoms with E-state index in [2.05, 4.69) is 20.9 Å². The second-order valence-corrected chi connectivity index (χ2v) is 5.85. The van der Waals surface area contributed by atoms with E-state index in [1.807, 2.05) is 25.1 Å². The Morgan fingerprint density at radius 3 is 2.94 bits per heavy atom. The standard InChI is InChI=1S/C11H9BrClNOS/c1-7-2-3-10(9(12)4-7)15-6-8-5-14-11(13)16-8/h2-5H,6H2,1H3. The van der Waals surface area contributed by atoms with Crippen molar-refractivity contribution >= 4 is 38.9 Å². The average molecular weight is 319 g/mol. The van der Waals surface area contributed by atoms with Crippen molar-refractivity contribution in [3.05, 3.63) is 43.8 Å².